The minimum atomic E-state index is 0.156. The van der Waals surface area contributed by atoms with Gasteiger partial charge >= 0.3 is 0 Å². The van der Waals surface area contributed by atoms with Crippen molar-refractivity contribution in [1.29, 1.82) is 0 Å². The van der Waals surface area contributed by atoms with E-state index in [-0.39, 0.29) is 5.75 Å². The van der Waals surface area contributed by atoms with Crippen molar-refractivity contribution in [2.45, 2.75) is 13.1 Å². The van der Waals surface area contributed by atoms with Gasteiger partial charge in [-0.05, 0) is 54.1 Å². The third-order valence-electron chi connectivity index (χ3n) is 5.44. The molecular formula is C27H24N2O3. The molecule has 3 aromatic carbocycles. The van der Waals surface area contributed by atoms with Gasteiger partial charge in [0.05, 0.1) is 5.69 Å². The van der Waals surface area contributed by atoms with Crippen LogP contribution in [0.1, 0.15) is 11.1 Å². The summed E-state index contributed by atoms with van der Waals surface area (Å²) in [6.45, 7) is 2.71. The molecule has 0 saturated heterocycles. The number of aromatic hydroxyl groups is 1. The molecule has 1 aliphatic heterocycles. The van der Waals surface area contributed by atoms with Gasteiger partial charge in [0.2, 0.25) is 0 Å². The molecule has 0 spiro atoms. The fourth-order valence-corrected chi connectivity index (χ4v) is 3.96. The molecule has 0 bridgehead atoms. The summed E-state index contributed by atoms with van der Waals surface area (Å²) in [5.74, 6) is 2.35. The first-order chi connectivity index (χ1) is 15.7. The number of phenols is 1. The van der Waals surface area contributed by atoms with E-state index < -0.39 is 0 Å². The average Bonchev–Trinajstić information content (AvgIpc) is 3.03. The van der Waals surface area contributed by atoms with Gasteiger partial charge in [0.25, 0.3) is 0 Å². The second-order valence-corrected chi connectivity index (χ2v) is 7.82. The van der Waals surface area contributed by atoms with Crippen LogP contribution in [0.3, 0.4) is 0 Å². The van der Waals surface area contributed by atoms with Crippen LogP contribution in [0.2, 0.25) is 0 Å². The first kappa shape index (κ1) is 20.1. The van der Waals surface area contributed by atoms with Crippen molar-refractivity contribution in [1.82, 2.24) is 9.88 Å². The number of phenolic OH excluding ortho intramolecular Hbond substituents is 1. The number of nitrogens with zero attached hydrogens (tertiary/aromatic N) is 2. The Hall–Kier alpha value is -3.83. The van der Waals surface area contributed by atoms with Crippen molar-refractivity contribution in [3.63, 3.8) is 0 Å². The van der Waals surface area contributed by atoms with Crippen molar-refractivity contribution in [2.24, 2.45) is 0 Å². The third kappa shape index (κ3) is 4.58. The minimum absolute atomic E-state index is 0.156. The van der Waals surface area contributed by atoms with Crippen molar-refractivity contribution in [2.75, 3.05) is 13.2 Å². The number of aromatic nitrogens is 1. The zero-order chi connectivity index (χ0) is 21.8. The van der Waals surface area contributed by atoms with Gasteiger partial charge in [-0.3, -0.25) is 9.88 Å². The molecule has 1 aromatic heterocycles. The monoisotopic (exact) mass is 424 g/mol. The van der Waals surface area contributed by atoms with E-state index in [0.717, 1.165) is 47.0 Å². The number of benzene rings is 3. The lowest BCUT2D eigenvalue weighted by molar-refractivity contribution is 0.217. The Balaban J connectivity index is 1.36. The quantitative estimate of drug-likeness (QED) is 0.449. The molecule has 2 heterocycles. The highest BCUT2D eigenvalue weighted by atomic mass is 16.5. The van der Waals surface area contributed by atoms with E-state index in [0.29, 0.717) is 18.9 Å². The standard InChI is InChI=1S/C27H24N2O3/c30-26-17-21(25-11-4-5-12-28-25)16-22-19-29(13-14-31-27(22)26)18-20-7-6-10-24(15-20)32-23-8-2-1-3-9-23/h1-12,15-17,30H,13-14,18-19H2. The van der Waals surface area contributed by atoms with Crippen LogP contribution >= 0.6 is 0 Å². The average molecular weight is 425 g/mol. The topological polar surface area (TPSA) is 54.8 Å². The lowest BCUT2D eigenvalue weighted by atomic mass is 10.0. The summed E-state index contributed by atoms with van der Waals surface area (Å²) in [5, 5.41) is 10.6. The highest BCUT2D eigenvalue weighted by Crippen LogP contribution is 2.37. The molecule has 0 radical (unpaired) electrons. The van der Waals surface area contributed by atoms with Crippen molar-refractivity contribution >= 4 is 0 Å². The van der Waals surface area contributed by atoms with E-state index in [9.17, 15) is 5.11 Å². The molecule has 5 rings (SSSR count). The molecule has 0 fully saturated rings. The number of rotatable bonds is 5. The van der Waals surface area contributed by atoms with Crippen molar-refractivity contribution < 1.29 is 14.6 Å². The first-order valence-electron chi connectivity index (χ1n) is 10.7. The smallest absolute Gasteiger partial charge is 0.165 e. The molecule has 0 aliphatic carbocycles. The number of para-hydroxylation sites is 1. The lowest BCUT2D eigenvalue weighted by Crippen LogP contribution is -2.25. The summed E-state index contributed by atoms with van der Waals surface area (Å²) < 4.78 is 11.9. The van der Waals surface area contributed by atoms with Gasteiger partial charge in [0, 0.05) is 37.0 Å². The summed E-state index contributed by atoms with van der Waals surface area (Å²) in [7, 11) is 0. The molecule has 0 unspecified atom stereocenters. The van der Waals surface area contributed by atoms with E-state index in [4.69, 9.17) is 9.47 Å². The van der Waals surface area contributed by atoms with Crippen LogP contribution in [0.25, 0.3) is 11.3 Å². The predicted molar refractivity (Wildman–Crippen MR) is 124 cm³/mol. The Kier molecular flexibility index (Phi) is 5.73. The summed E-state index contributed by atoms with van der Waals surface area (Å²) in [6.07, 6.45) is 1.76. The summed E-state index contributed by atoms with van der Waals surface area (Å²) in [5.41, 5.74) is 3.82. The maximum atomic E-state index is 10.6. The van der Waals surface area contributed by atoms with Crippen LogP contribution in [0.5, 0.6) is 23.0 Å². The first-order valence-corrected chi connectivity index (χ1v) is 10.7. The molecule has 0 saturated carbocycles. The van der Waals surface area contributed by atoms with E-state index >= 15 is 0 Å². The van der Waals surface area contributed by atoms with E-state index in [2.05, 4.69) is 28.1 Å². The van der Waals surface area contributed by atoms with E-state index in [1.165, 1.54) is 0 Å². The SMILES string of the molecule is Oc1cc(-c2ccccn2)cc2c1OCCN(Cc1cccc(Oc3ccccc3)c1)C2. The molecular weight excluding hydrogens is 400 g/mol. The number of ether oxygens (including phenoxy) is 2. The number of pyridine rings is 1. The highest BCUT2D eigenvalue weighted by molar-refractivity contribution is 5.66. The predicted octanol–water partition coefficient (Wildman–Crippen LogP) is 5.64. The second-order valence-electron chi connectivity index (χ2n) is 7.82. The zero-order valence-electron chi connectivity index (χ0n) is 17.6. The van der Waals surface area contributed by atoms with Gasteiger partial charge in [0.1, 0.15) is 18.1 Å². The van der Waals surface area contributed by atoms with Crippen molar-refractivity contribution in [3.05, 3.63) is 102 Å². The Morgan fingerprint density at radius 3 is 2.59 bits per heavy atom. The molecule has 1 aliphatic rings. The molecule has 160 valence electrons. The molecule has 5 heteroatoms. The Bertz CT molecular complexity index is 1200. The van der Waals surface area contributed by atoms with Gasteiger partial charge in [-0.2, -0.15) is 0 Å². The molecule has 4 aromatic rings. The molecule has 1 N–H and O–H groups in total. The maximum absolute atomic E-state index is 10.6. The van der Waals surface area contributed by atoms with Gasteiger partial charge in [-0.15, -0.1) is 0 Å². The Morgan fingerprint density at radius 1 is 0.906 bits per heavy atom. The largest absolute Gasteiger partial charge is 0.504 e. The van der Waals surface area contributed by atoms with E-state index in [1.54, 1.807) is 12.3 Å². The van der Waals surface area contributed by atoms with Gasteiger partial charge in [-0.1, -0.05) is 36.4 Å². The van der Waals surface area contributed by atoms with Crippen LogP contribution < -0.4 is 9.47 Å². The summed E-state index contributed by atoms with van der Waals surface area (Å²) in [4.78, 5) is 6.73. The maximum Gasteiger partial charge on any atom is 0.165 e. The third-order valence-corrected chi connectivity index (χ3v) is 5.44. The van der Waals surface area contributed by atoms with Crippen LogP contribution in [-0.4, -0.2) is 28.1 Å². The van der Waals surface area contributed by atoms with Crippen LogP contribution in [0.4, 0.5) is 0 Å². The van der Waals surface area contributed by atoms with E-state index in [1.807, 2.05) is 60.7 Å². The normalized spacial score (nSPS) is 13.6. The van der Waals surface area contributed by atoms with Gasteiger partial charge in [-0.25, -0.2) is 0 Å². The fraction of sp³-hybridized carbons (Fsp3) is 0.148. The Labute approximate surface area is 187 Å². The van der Waals surface area contributed by atoms with Crippen LogP contribution in [0.15, 0.2) is 91.1 Å². The van der Waals surface area contributed by atoms with Gasteiger partial charge in [0.15, 0.2) is 11.5 Å². The highest BCUT2D eigenvalue weighted by Gasteiger charge is 2.20. The second kappa shape index (κ2) is 9.12. The van der Waals surface area contributed by atoms with Crippen molar-refractivity contribution in [3.8, 4) is 34.3 Å². The lowest BCUT2D eigenvalue weighted by Gasteiger charge is -2.20. The number of hydrogen-bond donors (Lipinski definition) is 1. The number of fused-ring (bicyclic) bond motifs is 1. The van der Waals surface area contributed by atoms with Crippen LogP contribution in [0, 0.1) is 0 Å². The minimum Gasteiger partial charge on any atom is -0.504 e. The van der Waals surface area contributed by atoms with Gasteiger partial charge < -0.3 is 14.6 Å². The number of hydrogen-bond acceptors (Lipinski definition) is 5. The summed E-state index contributed by atoms with van der Waals surface area (Å²) in [6, 6.07) is 27.5. The molecule has 0 amide bonds. The zero-order valence-corrected chi connectivity index (χ0v) is 17.6. The molecule has 32 heavy (non-hydrogen) atoms. The fourth-order valence-electron chi connectivity index (χ4n) is 3.96. The molecule has 0 atom stereocenters. The Morgan fingerprint density at radius 2 is 1.75 bits per heavy atom. The summed E-state index contributed by atoms with van der Waals surface area (Å²) >= 11 is 0. The molecule has 5 nitrogen and oxygen atoms in total. The van der Waals surface area contributed by atoms with Crippen LogP contribution in [-0.2, 0) is 13.1 Å².